The average Bonchev–Trinajstić information content (AvgIpc) is 3.14. The molecule has 1 aromatic heterocycles. The van der Waals surface area contributed by atoms with Gasteiger partial charge in [-0.3, -0.25) is 14.5 Å². The molecule has 0 saturated carbocycles. The fraction of sp³-hybridized carbons (Fsp3) is 0.421. The van der Waals surface area contributed by atoms with E-state index in [1.807, 2.05) is 24.3 Å². The van der Waals surface area contributed by atoms with Gasteiger partial charge in [-0.1, -0.05) is 31.9 Å². The van der Waals surface area contributed by atoms with Gasteiger partial charge in [-0.25, -0.2) is 0 Å². The minimum atomic E-state index is -0.104. The maximum atomic E-state index is 12.1. The zero-order valence-corrected chi connectivity index (χ0v) is 18.3. The van der Waals surface area contributed by atoms with Gasteiger partial charge in [0.1, 0.15) is 6.54 Å². The third-order valence-corrected chi connectivity index (χ3v) is 3.83. The molecule has 0 aliphatic carbocycles. The fourth-order valence-corrected chi connectivity index (χ4v) is 2.49. The summed E-state index contributed by atoms with van der Waals surface area (Å²) in [6.07, 6.45) is 6.97. The number of benzene rings is 1. The highest BCUT2D eigenvalue weighted by molar-refractivity contribution is 14.0. The molecular formula is C19H29IN6O. The van der Waals surface area contributed by atoms with Crippen molar-refractivity contribution in [2.75, 3.05) is 18.9 Å². The minimum Gasteiger partial charge on any atom is -0.356 e. The van der Waals surface area contributed by atoms with Crippen LogP contribution in [0.5, 0.6) is 0 Å². The number of anilines is 1. The van der Waals surface area contributed by atoms with Crippen molar-refractivity contribution in [3.05, 3.63) is 48.3 Å². The number of aliphatic imine (C=N–C) groups is 1. The highest BCUT2D eigenvalue weighted by Crippen LogP contribution is 2.10. The van der Waals surface area contributed by atoms with E-state index in [0.29, 0.717) is 6.54 Å². The van der Waals surface area contributed by atoms with Gasteiger partial charge in [-0.2, -0.15) is 5.10 Å². The van der Waals surface area contributed by atoms with Gasteiger partial charge in [0.05, 0.1) is 0 Å². The molecule has 0 aliphatic rings. The standard InChI is InChI=1S/C19H28N6O.HI/c1-3-4-5-10-21-19(20-2)22-14-16-8-6-9-17(13-16)24-18(26)15-25-12-7-11-23-25;/h6-9,11-13H,3-5,10,14-15H2,1-2H3,(H,24,26)(H2,20,21,22);1H. The second kappa shape index (κ2) is 13.1. The van der Waals surface area contributed by atoms with Crippen molar-refractivity contribution >= 4 is 41.5 Å². The van der Waals surface area contributed by atoms with Crippen molar-refractivity contribution in [3.63, 3.8) is 0 Å². The van der Waals surface area contributed by atoms with Crippen molar-refractivity contribution in [1.29, 1.82) is 0 Å². The Hall–Kier alpha value is -2.10. The summed E-state index contributed by atoms with van der Waals surface area (Å²) in [5, 5.41) is 13.5. The van der Waals surface area contributed by atoms with E-state index in [1.165, 1.54) is 12.8 Å². The van der Waals surface area contributed by atoms with Crippen LogP contribution in [0.2, 0.25) is 0 Å². The number of nitrogens with one attached hydrogen (secondary N) is 3. The highest BCUT2D eigenvalue weighted by atomic mass is 127. The number of carbonyl (C=O) groups is 1. The first-order chi connectivity index (χ1) is 12.7. The molecule has 1 amide bonds. The number of amides is 1. The molecule has 0 fully saturated rings. The number of aromatic nitrogens is 2. The molecule has 0 unspecified atom stereocenters. The summed E-state index contributed by atoms with van der Waals surface area (Å²) >= 11 is 0. The van der Waals surface area contributed by atoms with Gasteiger partial charge in [0, 0.05) is 38.2 Å². The minimum absolute atomic E-state index is 0. The van der Waals surface area contributed by atoms with Gasteiger partial charge in [0.15, 0.2) is 5.96 Å². The molecule has 27 heavy (non-hydrogen) atoms. The molecule has 2 aromatic rings. The summed E-state index contributed by atoms with van der Waals surface area (Å²) in [5.74, 6) is 0.682. The Labute approximate surface area is 178 Å². The van der Waals surface area contributed by atoms with Gasteiger partial charge < -0.3 is 16.0 Å². The lowest BCUT2D eigenvalue weighted by atomic mass is 10.2. The number of guanidine groups is 1. The van der Waals surface area contributed by atoms with Crippen LogP contribution in [0.4, 0.5) is 5.69 Å². The quantitative estimate of drug-likeness (QED) is 0.221. The number of hydrogen-bond acceptors (Lipinski definition) is 3. The predicted octanol–water partition coefficient (Wildman–Crippen LogP) is 3.00. The summed E-state index contributed by atoms with van der Waals surface area (Å²) < 4.78 is 1.59. The smallest absolute Gasteiger partial charge is 0.246 e. The summed E-state index contributed by atoms with van der Waals surface area (Å²) in [5.41, 5.74) is 1.84. The Kier molecular flexibility index (Phi) is 11.2. The molecule has 2 rings (SSSR count). The molecule has 0 atom stereocenters. The lowest BCUT2D eigenvalue weighted by Crippen LogP contribution is -2.37. The molecule has 0 saturated heterocycles. The zero-order chi connectivity index (χ0) is 18.6. The van der Waals surface area contributed by atoms with Crippen LogP contribution in [0.25, 0.3) is 0 Å². The molecule has 148 valence electrons. The van der Waals surface area contributed by atoms with Crippen molar-refractivity contribution in [3.8, 4) is 0 Å². The highest BCUT2D eigenvalue weighted by Gasteiger charge is 2.05. The van der Waals surface area contributed by atoms with E-state index < -0.39 is 0 Å². The average molecular weight is 484 g/mol. The monoisotopic (exact) mass is 484 g/mol. The van der Waals surface area contributed by atoms with Crippen LogP contribution < -0.4 is 16.0 Å². The second-order valence-corrected chi connectivity index (χ2v) is 6.01. The Balaban J connectivity index is 0.00000364. The fourth-order valence-electron chi connectivity index (χ4n) is 2.49. The zero-order valence-electron chi connectivity index (χ0n) is 15.9. The van der Waals surface area contributed by atoms with Crippen molar-refractivity contribution < 1.29 is 4.79 Å². The number of rotatable bonds is 9. The van der Waals surface area contributed by atoms with E-state index in [1.54, 1.807) is 30.2 Å². The van der Waals surface area contributed by atoms with E-state index in [-0.39, 0.29) is 36.4 Å². The maximum absolute atomic E-state index is 12.1. The van der Waals surface area contributed by atoms with E-state index in [9.17, 15) is 4.79 Å². The molecule has 0 radical (unpaired) electrons. The van der Waals surface area contributed by atoms with E-state index in [4.69, 9.17) is 0 Å². The third kappa shape index (κ3) is 8.89. The van der Waals surface area contributed by atoms with Crippen LogP contribution in [0.1, 0.15) is 31.7 Å². The van der Waals surface area contributed by atoms with Gasteiger partial charge in [0.25, 0.3) is 0 Å². The third-order valence-electron chi connectivity index (χ3n) is 3.83. The molecule has 7 nitrogen and oxygen atoms in total. The molecule has 8 heteroatoms. The topological polar surface area (TPSA) is 83.3 Å². The van der Waals surface area contributed by atoms with E-state index in [2.05, 4.69) is 33.0 Å². The van der Waals surface area contributed by atoms with Gasteiger partial charge in [-0.05, 0) is 30.2 Å². The molecule has 1 heterocycles. The summed E-state index contributed by atoms with van der Waals surface area (Å²) in [6, 6.07) is 9.57. The van der Waals surface area contributed by atoms with Crippen LogP contribution >= 0.6 is 24.0 Å². The first-order valence-corrected chi connectivity index (χ1v) is 9.02. The molecule has 1 aromatic carbocycles. The number of unbranched alkanes of at least 4 members (excludes halogenated alkanes) is 2. The van der Waals surface area contributed by atoms with Gasteiger partial charge in [0.2, 0.25) is 5.91 Å². The molecule has 0 bridgehead atoms. The molecule has 0 spiro atoms. The van der Waals surface area contributed by atoms with Gasteiger partial charge in [-0.15, -0.1) is 24.0 Å². The largest absolute Gasteiger partial charge is 0.356 e. The Morgan fingerprint density at radius 1 is 1.22 bits per heavy atom. The van der Waals surface area contributed by atoms with Crippen LogP contribution in [0.15, 0.2) is 47.7 Å². The number of nitrogens with zero attached hydrogens (tertiary/aromatic N) is 3. The Morgan fingerprint density at radius 3 is 2.78 bits per heavy atom. The van der Waals surface area contributed by atoms with Crippen molar-refractivity contribution in [2.24, 2.45) is 4.99 Å². The molecular weight excluding hydrogens is 455 g/mol. The summed E-state index contributed by atoms with van der Waals surface area (Å²) in [7, 11) is 1.76. The molecule has 0 aliphatic heterocycles. The van der Waals surface area contributed by atoms with Gasteiger partial charge >= 0.3 is 0 Å². The van der Waals surface area contributed by atoms with Crippen molar-refractivity contribution in [1.82, 2.24) is 20.4 Å². The van der Waals surface area contributed by atoms with E-state index in [0.717, 1.165) is 30.2 Å². The number of carbonyl (C=O) groups excluding carboxylic acids is 1. The summed E-state index contributed by atoms with van der Waals surface area (Å²) in [6.45, 7) is 3.94. The number of halogens is 1. The van der Waals surface area contributed by atoms with Crippen LogP contribution in [0, 0.1) is 0 Å². The predicted molar refractivity (Wildman–Crippen MR) is 120 cm³/mol. The van der Waals surface area contributed by atoms with E-state index >= 15 is 0 Å². The van der Waals surface area contributed by atoms with Crippen LogP contribution in [-0.2, 0) is 17.9 Å². The molecule has 3 N–H and O–H groups in total. The number of hydrogen-bond donors (Lipinski definition) is 3. The lowest BCUT2D eigenvalue weighted by molar-refractivity contribution is -0.116. The lowest BCUT2D eigenvalue weighted by Gasteiger charge is -2.12. The Morgan fingerprint density at radius 2 is 2.07 bits per heavy atom. The van der Waals surface area contributed by atoms with Crippen LogP contribution in [0.3, 0.4) is 0 Å². The second-order valence-electron chi connectivity index (χ2n) is 6.01. The first kappa shape index (κ1) is 22.9. The van der Waals surface area contributed by atoms with Crippen LogP contribution in [-0.4, -0.2) is 35.2 Å². The Bertz CT molecular complexity index is 702. The first-order valence-electron chi connectivity index (χ1n) is 9.02. The maximum Gasteiger partial charge on any atom is 0.246 e. The normalized spacial score (nSPS) is 10.8. The SMILES string of the molecule is CCCCCNC(=NC)NCc1cccc(NC(=O)Cn2cccn2)c1.I. The summed E-state index contributed by atoms with van der Waals surface area (Å²) in [4.78, 5) is 16.3. The van der Waals surface area contributed by atoms with Crippen molar-refractivity contribution in [2.45, 2.75) is 39.3 Å².